The van der Waals surface area contributed by atoms with Crippen molar-refractivity contribution in [1.29, 1.82) is 0 Å². The fraction of sp³-hybridized carbons (Fsp3) is 0.875. The second-order valence-electron chi connectivity index (χ2n) is 9.10. The second kappa shape index (κ2) is 7.50. The molecule has 4 bridgehead atoms. The Hall–Kier alpha value is -1.52. The first-order valence-electron chi connectivity index (χ1n) is 9.37. The molecule has 4 fully saturated rings. The highest BCUT2D eigenvalue weighted by Crippen LogP contribution is 2.65. The summed E-state index contributed by atoms with van der Waals surface area (Å²) in [5.74, 6) is -5.00. The number of halogens is 4. The lowest BCUT2D eigenvalue weighted by atomic mass is 9.44. The van der Waals surface area contributed by atoms with Crippen molar-refractivity contribution in [2.75, 3.05) is 13.2 Å². The molecule has 0 radical (unpaired) electrons. The van der Waals surface area contributed by atoms with Crippen LogP contribution in [0, 0.1) is 22.7 Å². The Balaban J connectivity index is 1.72. The van der Waals surface area contributed by atoms with Gasteiger partial charge in [0.2, 0.25) is 0 Å². The van der Waals surface area contributed by atoms with E-state index in [1.165, 1.54) is 0 Å². The summed E-state index contributed by atoms with van der Waals surface area (Å²) in [7, 11) is -12.1. The van der Waals surface area contributed by atoms with E-state index in [0.717, 1.165) is 0 Å². The summed E-state index contributed by atoms with van der Waals surface area (Å²) in [4.78, 5) is 23.1. The van der Waals surface area contributed by atoms with Crippen LogP contribution in [-0.4, -0.2) is 61.6 Å². The van der Waals surface area contributed by atoms with Crippen molar-refractivity contribution >= 4 is 32.2 Å². The molecule has 0 atom stereocenters. The summed E-state index contributed by atoms with van der Waals surface area (Å²) < 4.78 is 123. The Labute approximate surface area is 180 Å². The number of esters is 2. The predicted molar refractivity (Wildman–Crippen MR) is 94.5 cm³/mol. The van der Waals surface area contributed by atoms with Crippen LogP contribution in [-0.2, 0) is 39.3 Å². The zero-order valence-corrected chi connectivity index (χ0v) is 17.9. The summed E-state index contributed by atoms with van der Waals surface area (Å²) in [6.07, 6.45) is 2.45. The number of alkyl halides is 4. The van der Waals surface area contributed by atoms with Gasteiger partial charge in [-0.05, 0) is 50.4 Å². The van der Waals surface area contributed by atoms with Gasteiger partial charge in [-0.3, -0.25) is 9.11 Å². The highest BCUT2D eigenvalue weighted by atomic mass is 32.2. The van der Waals surface area contributed by atoms with E-state index < -0.39 is 66.7 Å². The van der Waals surface area contributed by atoms with E-state index in [-0.39, 0.29) is 18.3 Å². The molecule has 4 saturated carbocycles. The van der Waals surface area contributed by atoms with Crippen LogP contribution < -0.4 is 0 Å². The largest absolute Gasteiger partial charge is 0.465 e. The molecule has 32 heavy (non-hydrogen) atoms. The SMILES string of the molecule is O=C(OCC12CC3CC(C1)CC(COC(=O)C(F)(F)S(=O)(=O)O)(C3)C2)C(F)(F)S(=O)(=O)O. The molecule has 2 N–H and O–H groups in total. The van der Waals surface area contributed by atoms with Crippen LogP contribution in [0.1, 0.15) is 38.5 Å². The lowest BCUT2D eigenvalue weighted by Crippen LogP contribution is -2.56. The van der Waals surface area contributed by atoms with Gasteiger partial charge in [0.05, 0.1) is 13.2 Å². The lowest BCUT2D eigenvalue weighted by Gasteiger charge is -2.61. The van der Waals surface area contributed by atoms with Crippen LogP contribution in [0.15, 0.2) is 0 Å². The van der Waals surface area contributed by atoms with Crippen LogP contribution in [0.25, 0.3) is 0 Å². The molecule has 0 aromatic carbocycles. The van der Waals surface area contributed by atoms with Gasteiger partial charge in [-0.2, -0.15) is 34.4 Å². The van der Waals surface area contributed by atoms with Gasteiger partial charge in [0.25, 0.3) is 0 Å². The summed E-state index contributed by atoms with van der Waals surface area (Å²) in [5, 5.41) is -10.3. The van der Waals surface area contributed by atoms with Gasteiger partial charge < -0.3 is 9.47 Å². The molecule has 0 saturated heterocycles. The van der Waals surface area contributed by atoms with E-state index >= 15 is 0 Å². The van der Waals surface area contributed by atoms with Crippen LogP contribution in [0.4, 0.5) is 17.6 Å². The standard InChI is InChI=1S/C16H20F4O10S2/c17-15(18,31(23,24)25)11(21)29-7-13-2-9-1-10(4-13)5-14(3-9,6-13)8-30-12(22)16(19,20)32(26,27)28/h9-10H,1-8H2,(H,23,24,25)(H,26,27,28). The number of carbonyl (C=O) groups is 2. The average Bonchev–Trinajstić information content (AvgIpc) is 2.61. The highest BCUT2D eigenvalue weighted by molar-refractivity contribution is 7.88. The van der Waals surface area contributed by atoms with Crippen LogP contribution in [0.3, 0.4) is 0 Å². The molecule has 0 aliphatic heterocycles. The first-order chi connectivity index (χ1) is 14.3. The molecule has 0 spiro atoms. The third-order valence-corrected chi connectivity index (χ3v) is 8.07. The van der Waals surface area contributed by atoms with Gasteiger partial charge in [-0.1, -0.05) is 0 Å². The van der Waals surface area contributed by atoms with Crippen molar-refractivity contribution in [2.24, 2.45) is 22.7 Å². The Bertz CT molecular complexity index is 931. The number of rotatable bonds is 8. The molecular weight excluding hydrogens is 492 g/mol. The average molecular weight is 512 g/mol. The number of ether oxygens (including phenoxy) is 2. The van der Waals surface area contributed by atoms with Crippen molar-refractivity contribution in [3.63, 3.8) is 0 Å². The van der Waals surface area contributed by atoms with Crippen molar-refractivity contribution in [3.8, 4) is 0 Å². The van der Waals surface area contributed by atoms with Crippen LogP contribution in [0.2, 0.25) is 0 Å². The third-order valence-electron chi connectivity index (χ3n) is 6.45. The molecule has 0 unspecified atom stereocenters. The van der Waals surface area contributed by atoms with E-state index in [1.807, 2.05) is 0 Å². The lowest BCUT2D eigenvalue weighted by molar-refractivity contribution is -0.190. The minimum absolute atomic E-state index is 0.0437. The van der Waals surface area contributed by atoms with Crippen molar-refractivity contribution in [2.45, 2.75) is 49.0 Å². The van der Waals surface area contributed by atoms with E-state index in [2.05, 4.69) is 9.47 Å². The smallest absolute Gasteiger partial charge is 0.460 e. The maximum atomic E-state index is 13.5. The first kappa shape index (κ1) is 25.1. The topological polar surface area (TPSA) is 161 Å². The minimum Gasteiger partial charge on any atom is -0.460 e. The molecule has 184 valence electrons. The molecule has 10 nitrogen and oxygen atoms in total. The molecule has 0 heterocycles. The quantitative estimate of drug-likeness (QED) is 0.278. The van der Waals surface area contributed by atoms with Gasteiger partial charge in [0.1, 0.15) is 0 Å². The highest BCUT2D eigenvalue weighted by Gasteiger charge is 2.61. The van der Waals surface area contributed by atoms with Crippen molar-refractivity contribution in [3.05, 3.63) is 0 Å². The monoisotopic (exact) mass is 512 g/mol. The molecule has 4 aliphatic rings. The molecule has 4 rings (SSSR count). The Morgan fingerprint density at radius 1 is 0.781 bits per heavy atom. The normalized spacial score (nSPS) is 32.6. The molecule has 16 heteroatoms. The summed E-state index contributed by atoms with van der Waals surface area (Å²) in [6, 6.07) is 0. The van der Waals surface area contributed by atoms with E-state index in [9.17, 15) is 44.0 Å². The summed E-state index contributed by atoms with van der Waals surface area (Å²) in [6.45, 7) is -1.25. The van der Waals surface area contributed by atoms with E-state index in [1.54, 1.807) is 0 Å². The number of carbonyl (C=O) groups excluding carboxylic acids is 2. The molecule has 0 aromatic rings. The van der Waals surface area contributed by atoms with Gasteiger partial charge in [-0.25, -0.2) is 9.59 Å². The van der Waals surface area contributed by atoms with E-state index in [0.29, 0.717) is 32.1 Å². The Morgan fingerprint density at radius 2 is 1.09 bits per heavy atom. The van der Waals surface area contributed by atoms with E-state index in [4.69, 9.17) is 9.11 Å². The Kier molecular flexibility index (Phi) is 5.88. The van der Waals surface area contributed by atoms with Gasteiger partial charge in [-0.15, -0.1) is 0 Å². The van der Waals surface area contributed by atoms with Gasteiger partial charge >= 0.3 is 42.7 Å². The molecule has 0 amide bonds. The first-order valence-corrected chi connectivity index (χ1v) is 12.2. The van der Waals surface area contributed by atoms with Gasteiger partial charge in [0.15, 0.2) is 0 Å². The van der Waals surface area contributed by atoms with Crippen LogP contribution >= 0.6 is 0 Å². The van der Waals surface area contributed by atoms with Crippen molar-refractivity contribution < 1.29 is 62.6 Å². The number of hydrogen-bond acceptors (Lipinski definition) is 8. The summed E-state index contributed by atoms with van der Waals surface area (Å²) >= 11 is 0. The third kappa shape index (κ3) is 4.33. The number of hydrogen-bond donors (Lipinski definition) is 2. The maximum absolute atomic E-state index is 13.5. The zero-order valence-electron chi connectivity index (χ0n) is 16.3. The molecular formula is C16H20F4O10S2. The Morgan fingerprint density at radius 3 is 1.38 bits per heavy atom. The fourth-order valence-electron chi connectivity index (χ4n) is 5.80. The minimum atomic E-state index is -6.04. The maximum Gasteiger partial charge on any atom is 0.465 e. The molecule has 4 aliphatic carbocycles. The summed E-state index contributed by atoms with van der Waals surface area (Å²) in [5.41, 5.74) is -1.82. The predicted octanol–water partition coefficient (Wildman–Crippen LogP) is 1.62. The van der Waals surface area contributed by atoms with Crippen molar-refractivity contribution in [1.82, 2.24) is 0 Å². The van der Waals surface area contributed by atoms with Crippen LogP contribution in [0.5, 0.6) is 0 Å². The second-order valence-corrected chi connectivity index (χ2v) is 12.0. The zero-order chi connectivity index (χ0) is 24.4. The van der Waals surface area contributed by atoms with Gasteiger partial charge in [0, 0.05) is 10.8 Å². The molecule has 0 aromatic heterocycles. The fourth-order valence-corrected chi connectivity index (χ4v) is 6.34.